The maximum absolute atomic E-state index is 13.3. The molecule has 0 saturated carbocycles. The first-order valence-corrected chi connectivity index (χ1v) is 10.5. The van der Waals surface area contributed by atoms with E-state index < -0.39 is 0 Å². The summed E-state index contributed by atoms with van der Waals surface area (Å²) in [5, 5.41) is 0.966. The number of carbonyl (C=O) groups is 1. The highest BCUT2D eigenvalue weighted by molar-refractivity contribution is 6.04. The summed E-state index contributed by atoms with van der Waals surface area (Å²) >= 11 is 0. The molecule has 2 aromatic carbocycles. The van der Waals surface area contributed by atoms with E-state index in [0.717, 1.165) is 29.4 Å². The fraction of sp³-hybridized carbons (Fsp3) is 0.231. The zero-order valence-corrected chi connectivity index (χ0v) is 18.3. The number of methoxy groups -OCH3 is 2. The molecule has 0 aliphatic heterocycles. The Bertz CT molecular complexity index is 1230. The first-order valence-electron chi connectivity index (χ1n) is 10.5. The third kappa shape index (κ3) is 3.56. The molecule has 0 spiro atoms. The van der Waals surface area contributed by atoms with Gasteiger partial charge in [0, 0.05) is 17.1 Å². The van der Waals surface area contributed by atoms with E-state index in [1.54, 1.807) is 42.3 Å². The summed E-state index contributed by atoms with van der Waals surface area (Å²) in [6, 6.07) is 15.7. The molecule has 2 heterocycles. The molecule has 0 aliphatic carbocycles. The molecule has 31 heavy (non-hydrogen) atoms. The van der Waals surface area contributed by atoms with Gasteiger partial charge in [0.1, 0.15) is 0 Å². The number of carbonyl (C=O) groups excluding carboxylic acids is 1. The molecule has 0 amide bonds. The van der Waals surface area contributed by atoms with Crippen molar-refractivity contribution in [2.75, 3.05) is 14.2 Å². The number of ether oxygens (including phenoxy) is 2. The molecule has 4 aromatic rings. The molecule has 158 valence electrons. The zero-order valence-electron chi connectivity index (χ0n) is 18.3. The van der Waals surface area contributed by atoms with Gasteiger partial charge in [-0.1, -0.05) is 38.1 Å². The van der Waals surface area contributed by atoms with Gasteiger partial charge in [0.05, 0.1) is 37.2 Å². The fourth-order valence-electron chi connectivity index (χ4n) is 4.10. The third-order valence-corrected chi connectivity index (χ3v) is 5.68. The maximum Gasteiger partial charge on any atom is 0.266 e. The van der Waals surface area contributed by atoms with E-state index in [9.17, 15) is 4.79 Å². The van der Waals surface area contributed by atoms with Crippen LogP contribution in [-0.4, -0.2) is 29.7 Å². The van der Waals surface area contributed by atoms with Crippen molar-refractivity contribution in [1.82, 2.24) is 9.55 Å². The van der Waals surface area contributed by atoms with Crippen molar-refractivity contribution in [3.63, 3.8) is 0 Å². The van der Waals surface area contributed by atoms with Crippen LogP contribution in [0.1, 0.15) is 35.3 Å². The van der Waals surface area contributed by atoms with E-state index in [0.29, 0.717) is 17.1 Å². The summed E-state index contributed by atoms with van der Waals surface area (Å²) in [6.45, 7) is 4.32. The van der Waals surface area contributed by atoms with Crippen molar-refractivity contribution >= 4 is 16.8 Å². The Kier molecular flexibility index (Phi) is 5.76. The van der Waals surface area contributed by atoms with Gasteiger partial charge in [0.15, 0.2) is 11.5 Å². The topological polar surface area (TPSA) is 53.4 Å². The molecule has 0 N–H and O–H groups in total. The quantitative estimate of drug-likeness (QED) is 0.416. The molecule has 2 aromatic heterocycles. The lowest BCUT2D eigenvalue weighted by molar-refractivity contribution is 0.0961. The van der Waals surface area contributed by atoms with Gasteiger partial charge in [-0.3, -0.25) is 14.3 Å². The predicted molar refractivity (Wildman–Crippen MR) is 123 cm³/mol. The normalized spacial score (nSPS) is 11.0. The first kappa shape index (κ1) is 20.7. The Balaban J connectivity index is 1.81. The zero-order chi connectivity index (χ0) is 22.0. The van der Waals surface area contributed by atoms with Crippen molar-refractivity contribution in [3.8, 4) is 22.8 Å². The Morgan fingerprint density at radius 3 is 2.32 bits per heavy atom. The van der Waals surface area contributed by atoms with Crippen LogP contribution in [-0.2, 0) is 12.8 Å². The van der Waals surface area contributed by atoms with E-state index in [2.05, 4.69) is 38.1 Å². The van der Waals surface area contributed by atoms with Crippen molar-refractivity contribution in [2.45, 2.75) is 26.7 Å². The van der Waals surface area contributed by atoms with Crippen LogP contribution in [0, 0.1) is 0 Å². The molecule has 0 saturated heterocycles. The van der Waals surface area contributed by atoms with Crippen LogP contribution >= 0.6 is 0 Å². The average Bonchev–Trinajstić information content (AvgIpc) is 3.25. The number of nitrogens with zero attached hydrogens (tertiary/aromatic N) is 2. The lowest BCUT2D eigenvalue weighted by Crippen LogP contribution is -2.12. The second kappa shape index (κ2) is 8.64. The van der Waals surface area contributed by atoms with Crippen molar-refractivity contribution in [1.29, 1.82) is 0 Å². The highest BCUT2D eigenvalue weighted by Gasteiger charge is 2.20. The lowest BCUT2D eigenvalue weighted by atomic mass is 9.94. The summed E-state index contributed by atoms with van der Waals surface area (Å²) in [5.74, 6) is 0.753. The van der Waals surface area contributed by atoms with E-state index in [-0.39, 0.29) is 5.91 Å². The molecule has 4 rings (SSSR count). The van der Waals surface area contributed by atoms with Crippen LogP contribution in [0.25, 0.3) is 22.2 Å². The average molecular weight is 415 g/mol. The van der Waals surface area contributed by atoms with Crippen LogP contribution in [0.5, 0.6) is 11.5 Å². The first-order chi connectivity index (χ1) is 15.1. The van der Waals surface area contributed by atoms with Gasteiger partial charge in [0.2, 0.25) is 0 Å². The molecular formula is C26H26N2O3. The van der Waals surface area contributed by atoms with Crippen LogP contribution in [0.4, 0.5) is 0 Å². The summed E-state index contributed by atoms with van der Waals surface area (Å²) in [6.07, 6.45) is 5.45. The number of benzene rings is 2. The number of hydrogen-bond acceptors (Lipinski definition) is 4. The molecule has 5 nitrogen and oxygen atoms in total. The number of aromatic nitrogens is 2. The lowest BCUT2D eigenvalue weighted by Gasteiger charge is -2.14. The Hall–Kier alpha value is -3.60. The maximum atomic E-state index is 13.3. The Morgan fingerprint density at radius 1 is 0.968 bits per heavy atom. The second-order valence-electron chi connectivity index (χ2n) is 7.32. The highest BCUT2D eigenvalue weighted by Crippen LogP contribution is 2.33. The van der Waals surface area contributed by atoms with E-state index in [1.807, 2.05) is 6.07 Å². The van der Waals surface area contributed by atoms with E-state index in [4.69, 9.17) is 14.5 Å². The Labute approximate surface area is 182 Å². The number of fused-ring (bicyclic) bond motifs is 1. The molecule has 0 unspecified atom stereocenters. The number of aryl methyl sites for hydroxylation is 2. The summed E-state index contributed by atoms with van der Waals surface area (Å²) < 4.78 is 12.4. The fourth-order valence-corrected chi connectivity index (χ4v) is 4.10. The number of para-hydroxylation sites is 1. The molecule has 0 radical (unpaired) electrons. The highest BCUT2D eigenvalue weighted by atomic mass is 16.5. The van der Waals surface area contributed by atoms with Gasteiger partial charge >= 0.3 is 0 Å². The minimum Gasteiger partial charge on any atom is -0.493 e. The van der Waals surface area contributed by atoms with Crippen LogP contribution in [0.3, 0.4) is 0 Å². The van der Waals surface area contributed by atoms with Crippen molar-refractivity contribution < 1.29 is 14.3 Å². The third-order valence-electron chi connectivity index (χ3n) is 5.68. The van der Waals surface area contributed by atoms with Gasteiger partial charge in [-0.25, -0.2) is 0 Å². The van der Waals surface area contributed by atoms with E-state index in [1.165, 1.54) is 23.8 Å². The van der Waals surface area contributed by atoms with Crippen LogP contribution in [0.15, 0.2) is 60.9 Å². The molecule has 0 bridgehead atoms. The van der Waals surface area contributed by atoms with Crippen LogP contribution < -0.4 is 9.47 Å². The standard InChI is InChI=1S/C26H26N2O3/c1-5-17-9-7-10-18(6-2)24(17)21-15-19-13-14-28(22(19)16-27-21)26(29)20-11-8-12-23(30-3)25(20)31-4/h7-16H,5-6H2,1-4H3. The second-order valence-corrected chi connectivity index (χ2v) is 7.32. The number of pyridine rings is 1. The largest absolute Gasteiger partial charge is 0.493 e. The monoisotopic (exact) mass is 414 g/mol. The summed E-state index contributed by atoms with van der Waals surface area (Å²) in [4.78, 5) is 18.1. The molecule has 0 atom stereocenters. The number of rotatable bonds is 6. The van der Waals surface area contributed by atoms with Crippen molar-refractivity contribution in [2.24, 2.45) is 0 Å². The molecule has 0 fully saturated rings. The van der Waals surface area contributed by atoms with Gasteiger partial charge < -0.3 is 9.47 Å². The van der Waals surface area contributed by atoms with Crippen LogP contribution in [0.2, 0.25) is 0 Å². The minimum atomic E-state index is -0.191. The number of hydrogen-bond donors (Lipinski definition) is 0. The van der Waals surface area contributed by atoms with Gasteiger partial charge in [0.25, 0.3) is 5.91 Å². The summed E-state index contributed by atoms with van der Waals surface area (Å²) in [7, 11) is 3.09. The van der Waals surface area contributed by atoms with Gasteiger partial charge in [-0.05, 0) is 48.2 Å². The van der Waals surface area contributed by atoms with Crippen molar-refractivity contribution in [3.05, 3.63) is 77.6 Å². The molecule has 0 aliphatic rings. The smallest absolute Gasteiger partial charge is 0.266 e. The molecular weight excluding hydrogens is 388 g/mol. The minimum absolute atomic E-state index is 0.191. The van der Waals surface area contributed by atoms with E-state index >= 15 is 0 Å². The predicted octanol–water partition coefficient (Wildman–Crippen LogP) is 5.53. The summed E-state index contributed by atoms with van der Waals surface area (Å²) in [5.41, 5.74) is 5.89. The SMILES string of the molecule is CCc1cccc(CC)c1-c1cc2ccn(C(=O)c3cccc(OC)c3OC)c2cn1. The Morgan fingerprint density at radius 2 is 1.68 bits per heavy atom. The van der Waals surface area contributed by atoms with Gasteiger partial charge in [-0.2, -0.15) is 0 Å². The molecule has 5 heteroatoms. The van der Waals surface area contributed by atoms with Gasteiger partial charge in [-0.15, -0.1) is 0 Å².